The van der Waals surface area contributed by atoms with Gasteiger partial charge in [-0.3, -0.25) is 19.6 Å². The van der Waals surface area contributed by atoms with Crippen LogP contribution in [0.5, 0.6) is 11.5 Å². The van der Waals surface area contributed by atoms with E-state index in [-0.39, 0.29) is 24.4 Å². The molecule has 0 fully saturated rings. The fourth-order valence-corrected chi connectivity index (χ4v) is 3.40. The van der Waals surface area contributed by atoms with Crippen molar-refractivity contribution in [1.82, 2.24) is 15.0 Å². The number of alkyl halides is 3. The Labute approximate surface area is 197 Å². The summed E-state index contributed by atoms with van der Waals surface area (Å²) in [6, 6.07) is 12.9. The lowest BCUT2D eigenvalue weighted by atomic mass is 10.0. The Morgan fingerprint density at radius 2 is 1.43 bits per heavy atom. The summed E-state index contributed by atoms with van der Waals surface area (Å²) >= 11 is 0. The number of carbonyl (C=O) groups is 2. The van der Waals surface area contributed by atoms with Gasteiger partial charge in [0, 0.05) is 36.2 Å². The van der Waals surface area contributed by atoms with E-state index in [1.165, 1.54) is 36.7 Å². The van der Waals surface area contributed by atoms with Gasteiger partial charge in [0.2, 0.25) is 0 Å². The highest BCUT2D eigenvalue weighted by Crippen LogP contribution is 2.34. The first-order chi connectivity index (χ1) is 16.8. The van der Waals surface area contributed by atoms with Crippen LogP contribution in [0.3, 0.4) is 0 Å². The van der Waals surface area contributed by atoms with E-state index in [4.69, 9.17) is 9.47 Å². The van der Waals surface area contributed by atoms with Crippen LogP contribution in [0.4, 0.5) is 13.2 Å². The van der Waals surface area contributed by atoms with Crippen molar-refractivity contribution in [2.24, 2.45) is 0 Å². The number of halogens is 3. The van der Waals surface area contributed by atoms with Gasteiger partial charge in [0.15, 0.2) is 0 Å². The highest BCUT2D eigenvalue weighted by Gasteiger charge is 2.31. The summed E-state index contributed by atoms with van der Waals surface area (Å²) in [5, 5.41) is 0. The molecule has 0 saturated heterocycles. The molecular weight excluding hydrogens is 463 g/mol. The first kappa shape index (κ1) is 23.6. The minimum absolute atomic E-state index is 0.169. The SMILES string of the molecule is Cc1cc(-c2ccc(-c3cc(OC=O)cc(-c4cc(OC=O)ccn4)n3)nc2)cc(C(F)(F)F)c1. The van der Waals surface area contributed by atoms with Crippen LogP contribution in [0.15, 0.2) is 67.0 Å². The van der Waals surface area contributed by atoms with Crippen LogP contribution in [-0.2, 0) is 15.8 Å². The lowest BCUT2D eigenvalue weighted by molar-refractivity contribution is -0.137. The summed E-state index contributed by atoms with van der Waals surface area (Å²) in [5.41, 5.74) is 1.97. The van der Waals surface area contributed by atoms with Crippen molar-refractivity contribution in [3.8, 4) is 45.4 Å². The molecule has 0 spiro atoms. The van der Waals surface area contributed by atoms with Gasteiger partial charge >= 0.3 is 6.18 Å². The smallest absolute Gasteiger partial charge is 0.416 e. The van der Waals surface area contributed by atoms with Gasteiger partial charge in [-0.05, 0) is 42.3 Å². The third-order valence-corrected chi connectivity index (χ3v) is 4.93. The van der Waals surface area contributed by atoms with Crippen molar-refractivity contribution in [3.63, 3.8) is 0 Å². The van der Waals surface area contributed by atoms with Crippen LogP contribution in [0.25, 0.3) is 33.9 Å². The van der Waals surface area contributed by atoms with Crippen LogP contribution >= 0.6 is 0 Å². The zero-order valence-electron chi connectivity index (χ0n) is 18.1. The van der Waals surface area contributed by atoms with Gasteiger partial charge in [0.05, 0.1) is 28.3 Å². The lowest BCUT2D eigenvalue weighted by Gasteiger charge is -2.11. The minimum Gasteiger partial charge on any atom is -0.429 e. The maximum absolute atomic E-state index is 13.2. The average Bonchev–Trinajstić information content (AvgIpc) is 2.84. The Morgan fingerprint density at radius 1 is 0.743 bits per heavy atom. The van der Waals surface area contributed by atoms with E-state index < -0.39 is 11.7 Å². The number of aromatic nitrogens is 3. The van der Waals surface area contributed by atoms with Crippen molar-refractivity contribution < 1.29 is 32.2 Å². The number of rotatable bonds is 7. The first-order valence-electron chi connectivity index (χ1n) is 10.1. The van der Waals surface area contributed by atoms with Crippen molar-refractivity contribution in [2.45, 2.75) is 13.1 Å². The van der Waals surface area contributed by atoms with Gasteiger partial charge < -0.3 is 9.47 Å². The van der Waals surface area contributed by atoms with Gasteiger partial charge in [-0.25, -0.2) is 4.98 Å². The maximum atomic E-state index is 13.2. The van der Waals surface area contributed by atoms with Crippen LogP contribution in [-0.4, -0.2) is 27.9 Å². The van der Waals surface area contributed by atoms with E-state index in [0.717, 1.165) is 12.1 Å². The van der Waals surface area contributed by atoms with E-state index in [0.29, 0.717) is 39.5 Å². The molecule has 35 heavy (non-hydrogen) atoms. The Balaban J connectivity index is 1.73. The number of hydrogen-bond acceptors (Lipinski definition) is 7. The molecule has 0 aliphatic heterocycles. The number of aryl methyl sites for hydroxylation is 1. The molecule has 4 rings (SSSR count). The van der Waals surface area contributed by atoms with E-state index in [1.54, 1.807) is 25.1 Å². The van der Waals surface area contributed by atoms with Crippen molar-refractivity contribution in [1.29, 1.82) is 0 Å². The summed E-state index contributed by atoms with van der Waals surface area (Å²) < 4.78 is 49.4. The highest BCUT2D eigenvalue weighted by molar-refractivity contribution is 5.70. The van der Waals surface area contributed by atoms with E-state index in [9.17, 15) is 22.8 Å². The fourth-order valence-electron chi connectivity index (χ4n) is 3.40. The number of pyridine rings is 3. The quantitative estimate of drug-likeness (QED) is 0.334. The largest absolute Gasteiger partial charge is 0.429 e. The standard InChI is InChI=1S/C25H16F3N3O4/c1-15-6-17(8-18(7-15)25(26,27)28)16-2-3-21(30-12-16)23-10-20(35-14-33)11-24(31-23)22-9-19(34-13-32)4-5-29-22/h2-14H,1H3. The first-order valence-corrected chi connectivity index (χ1v) is 10.1. The van der Waals surface area contributed by atoms with Crippen LogP contribution < -0.4 is 9.47 Å². The topological polar surface area (TPSA) is 91.3 Å². The summed E-state index contributed by atoms with van der Waals surface area (Å²) in [6.45, 7) is 2.13. The summed E-state index contributed by atoms with van der Waals surface area (Å²) in [7, 11) is 0. The molecule has 0 bridgehead atoms. The zero-order chi connectivity index (χ0) is 25.0. The van der Waals surface area contributed by atoms with Crippen molar-refractivity contribution >= 4 is 12.9 Å². The van der Waals surface area contributed by atoms with Crippen LogP contribution in [0.1, 0.15) is 11.1 Å². The second-order valence-corrected chi connectivity index (χ2v) is 7.40. The predicted molar refractivity (Wildman–Crippen MR) is 119 cm³/mol. The van der Waals surface area contributed by atoms with Gasteiger partial charge in [-0.2, -0.15) is 13.2 Å². The third kappa shape index (κ3) is 5.49. The molecule has 3 heterocycles. The van der Waals surface area contributed by atoms with Crippen LogP contribution in [0.2, 0.25) is 0 Å². The summed E-state index contributed by atoms with van der Waals surface area (Å²) in [6.07, 6.45) is -1.60. The predicted octanol–water partition coefficient (Wildman–Crippen LogP) is 5.27. The number of nitrogens with zero attached hydrogens (tertiary/aromatic N) is 3. The lowest BCUT2D eigenvalue weighted by Crippen LogP contribution is -2.05. The normalized spacial score (nSPS) is 11.1. The summed E-state index contributed by atoms with van der Waals surface area (Å²) in [4.78, 5) is 34.6. The second kappa shape index (κ2) is 9.72. The Morgan fingerprint density at radius 3 is 2.09 bits per heavy atom. The Hall–Kier alpha value is -4.60. The monoisotopic (exact) mass is 479 g/mol. The van der Waals surface area contributed by atoms with Crippen LogP contribution in [0, 0.1) is 6.92 Å². The van der Waals surface area contributed by atoms with Gasteiger partial charge in [0.25, 0.3) is 12.9 Å². The number of hydrogen-bond donors (Lipinski definition) is 0. The molecule has 0 amide bonds. The molecule has 0 aliphatic carbocycles. The molecule has 10 heteroatoms. The molecule has 0 N–H and O–H groups in total. The maximum Gasteiger partial charge on any atom is 0.416 e. The number of carbonyl (C=O) groups excluding carboxylic acids is 2. The molecule has 7 nitrogen and oxygen atoms in total. The molecule has 176 valence electrons. The van der Waals surface area contributed by atoms with E-state index >= 15 is 0 Å². The number of benzene rings is 1. The average molecular weight is 479 g/mol. The molecule has 0 unspecified atom stereocenters. The van der Waals surface area contributed by atoms with Crippen molar-refractivity contribution in [3.05, 3.63) is 78.1 Å². The molecule has 1 aromatic carbocycles. The number of ether oxygens (including phenoxy) is 2. The molecule has 0 atom stereocenters. The van der Waals surface area contributed by atoms with E-state index in [2.05, 4.69) is 15.0 Å². The van der Waals surface area contributed by atoms with Gasteiger partial charge in [0.1, 0.15) is 11.5 Å². The Bertz CT molecular complexity index is 1390. The summed E-state index contributed by atoms with van der Waals surface area (Å²) in [5.74, 6) is 0.414. The zero-order valence-corrected chi connectivity index (χ0v) is 18.1. The molecule has 0 aliphatic rings. The second-order valence-electron chi connectivity index (χ2n) is 7.40. The molecule has 4 aromatic rings. The van der Waals surface area contributed by atoms with Gasteiger partial charge in [-0.1, -0.05) is 12.1 Å². The molecule has 0 saturated carbocycles. The fraction of sp³-hybridized carbons (Fsp3) is 0.0800. The minimum atomic E-state index is -4.46. The molecule has 0 radical (unpaired) electrons. The highest BCUT2D eigenvalue weighted by atomic mass is 19.4. The molecular formula is C25H16F3N3O4. The third-order valence-electron chi connectivity index (χ3n) is 4.93. The van der Waals surface area contributed by atoms with E-state index in [1.807, 2.05) is 0 Å². The Kier molecular flexibility index (Phi) is 6.54. The van der Waals surface area contributed by atoms with Crippen molar-refractivity contribution in [2.75, 3.05) is 0 Å². The van der Waals surface area contributed by atoms with Gasteiger partial charge in [-0.15, -0.1) is 0 Å². The molecule has 3 aromatic heterocycles.